The van der Waals surface area contributed by atoms with Crippen molar-refractivity contribution < 1.29 is 51.0 Å². The Kier molecular flexibility index (Phi) is 9.74. The lowest BCUT2D eigenvalue weighted by Gasteiger charge is -2.50. The van der Waals surface area contributed by atoms with E-state index < -0.39 is 57.7 Å². The summed E-state index contributed by atoms with van der Waals surface area (Å²) in [6.45, 7) is 3.32. The largest absolute Gasteiger partial charge is 0.485 e. The van der Waals surface area contributed by atoms with E-state index in [1.54, 1.807) is 6.07 Å². The number of ether oxygens (including phenoxy) is 1. The highest BCUT2D eigenvalue weighted by Gasteiger charge is 2.58. The van der Waals surface area contributed by atoms with E-state index in [0.717, 1.165) is 46.6 Å². The predicted octanol–water partition coefficient (Wildman–Crippen LogP) is -0.156. The number of nitrogen functional groups attached to an aromatic ring is 1. The van der Waals surface area contributed by atoms with Crippen LogP contribution in [0.4, 0.5) is 5.13 Å². The van der Waals surface area contributed by atoms with E-state index in [2.05, 4.69) is 24.8 Å². The third kappa shape index (κ3) is 7.11. The first-order chi connectivity index (χ1) is 22.6. The van der Waals surface area contributed by atoms with Gasteiger partial charge in [-0.15, -0.1) is 20.3 Å². The number of fused-ring (bicyclic) bond motifs is 1. The fourth-order valence-corrected chi connectivity index (χ4v) is 6.52. The van der Waals surface area contributed by atoms with Gasteiger partial charge in [-0.1, -0.05) is 11.2 Å². The molecule has 3 atom stereocenters. The van der Waals surface area contributed by atoms with Crippen LogP contribution in [-0.2, 0) is 53.8 Å². The van der Waals surface area contributed by atoms with Crippen molar-refractivity contribution in [1.82, 2.24) is 20.5 Å². The molecule has 2 aromatic heterocycles. The molecule has 0 spiro atoms. The number of H-pyrrole nitrogens is 1. The number of carbonyl (C=O) groups is 3. The van der Waals surface area contributed by atoms with Gasteiger partial charge in [-0.05, 0) is 62.9 Å². The lowest BCUT2D eigenvalue weighted by atomic mass is 9.84. The van der Waals surface area contributed by atoms with Crippen LogP contribution in [0.1, 0.15) is 43.6 Å². The number of nitrogens with zero attached hydrogens (tertiary/aromatic N) is 4. The van der Waals surface area contributed by atoms with E-state index >= 15 is 0 Å². The molecule has 1 aromatic carbocycles. The molecule has 2 aliphatic rings. The number of aliphatic carboxylic acids is 1. The highest BCUT2D eigenvalue weighted by molar-refractivity contribution is 7.80. The SMILES string of the molecule is C[n+]1[nH]cc(-c2ccc3c(c2)CC[C@@H]([C@H](O/N=C(\C(=O)N[C@@H]2C(=O)N(OS(=O)(=O)O)C2(C)C)c2csc(N)n2)C(=O)O)O3)c1CCCN. The Labute approximate surface area is 278 Å². The van der Waals surface area contributed by atoms with Crippen LogP contribution in [0.5, 0.6) is 5.75 Å². The standard InChI is InChI=1S/C28H34N8O10S2/c1-28(2)23(25(38)36(28)46-48(41,42)43)33-24(37)21(17-13-47-27(30)32-17)34-45-22(26(39)40)20-9-7-15-11-14(6-8-19(15)44-20)16-12-31-35(3)18(16)5-4-10-29/h6,8,11-13,20,22-23H,4-5,7,9-10,29H2,1-3H3,(H5,30,32,33,37,39,40,41,42,43)/p+1/b34-21-/t20-,22-,23+/m0/s1. The number of hydroxylamine groups is 2. The summed E-state index contributed by atoms with van der Waals surface area (Å²) in [4.78, 5) is 47.8. The van der Waals surface area contributed by atoms with Gasteiger partial charge < -0.3 is 31.5 Å². The topological polar surface area (TPSA) is 266 Å². The van der Waals surface area contributed by atoms with Gasteiger partial charge in [-0.2, -0.15) is 18.6 Å². The molecule has 0 aliphatic carbocycles. The number of hydrogen-bond donors (Lipinski definition) is 6. The molecule has 48 heavy (non-hydrogen) atoms. The number of thiazole rings is 1. The number of benzene rings is 1. The third-order valence-electron chi connectivity index (χ3n) is 8.02. The molecule has 5 rings (SSSR count). The summed E-state index contributed by atoms with van der Waals surface area (Å²) in [7, 11) is -3.09. The monoisotopic (exact) mass is 707 g/mol. The minimum atomic E-state index is -5.02. The summed E-state index contributed by atoms with van der Waals surface area (Å²) in [5.74, 6) is -2.92. The number of aromatic nitrogens is 3. The number of carboxylic acid groups (broad SMARTS) is 1. The van der Waals surface area contributed by atoms with Crippen molar-refractivity contribution in [2.24, 2.45) is 17.9 Å². The number of aryl methyl sites for hydroxylation is 2. The second-order valence-electron chi connectivity index (χ2n) is 11.7. The van der Waals surface area contributed by atoms with Gasteiger partial charge in [0.05, 0.1) is 17.3 Å². The summed E-state index contributed by atoms with van der Waals surface area (Å²) in [6.07, 6.45) is 1.62. The maximum atomic E-state index is 13.4. The van der Waals surface area contributed by atoms with Gasteiger partial charge in [-0.25, -0.2) is 9.78 Å². The molecule has 2 amide bonds. The van der Waals surface area contributed by atoms with E-state index in [9.17, 15) is 27.9 Å². The van der Waals surface area contributed by atoms with E-state index in [-0.39, 0.29) is 17.2 Å². The first kappa shape index (κ1) is 34.7. The molecule has 0 saturated carbocycles. The van der Waals surface area contributed by atoms with E-state index in [1.807, 2.05) is 30.1 Å². The van der Waals surface area contributed by atoms with Gasteiger partial charge in [0.25, 0.3) is 17.9 Å². The number of oxime groups is 1. The van der Waals surface area contributed by atoms with Crippen LogP contribution in [0, 0.1) is 0 Å². The van der Waals surface area contributed by atoms with Crippen molar-refractivity contribution in [3.05, 3.63) is 46.7 Å². The Hall–Kier alpha value is -4.63. The molecule has 0 radical (unpaired) electrons. The van der Waals surface area contributed by atoms with Gasteiger partial charge in [0.1, 0.15) is 23.6 Å². The highest BCUT2D eigenvalue weighted by Crippen LogP contribution is 2.35. The minimum Gasteiger partial charge on any atom is -0.485 e. The van der Waals surface area contributed by atoms with Crippen molar-refractivity contribution in [1.29, 1.82) is 0 Å². The maximum absolute atomic E-state index is 13.4. The smallest absolute Gasteiger partial charge is 0.418 e. The maximum Gasteiger partial charge on any atom is 0.418 e. The number of carboxylic acids is 1. The average molecular weight is 708 g/mol. The molecule has 0 bridgehead atoms. The highest BCUT2D eigenvalue weighted by atomic mass is 32.3. The van der Waals surface area contributed by atoms with Crippen molar-refractivity contribution in [3.63, 3.8) is 0 Å². The summed E-state index contributed by atoms with van der Waals surface area (Å²) in [5.41, 5.74) is 13.4. The zero-order valence-electron chi connectivity index (χ0n) is 26.1. The predicted molar refractivity (Wildman–Crippen MR) is 169 cm³/mol. The Morgan fingerprint density at radius 3 is 2.75 bits per heavy atom. The second-order valence-corrected chi connectivity index (χ2v) is 13.6. The number of rotatable bonds is 13. The molecular weight excluding hydrogens is 672 g/mol. The number of β-lactam (4-membered cyclic amide) rings is 1. The number of nitrogens with two attached hydrogens (primary N) is 2. The van der Waals surface area contributed by atoms with Crippen LogP contribution in [-0.4, -0.2) is 87.1 Å². The van der Waals surface area contributed by atoms with Gasteiger partial charge in [-0.3, -0.25) is 14.1 Å². The zero-order chi connectivity index (χ0) is 35.0. The lowest BCUT2D eigenvalue weighted by molar-refractivity contribution is -0.733. The third-order valence-corrected chi connectivity index (χ3v) is 9.03. The molecule has 0 unspecified atom stereocenters. The van der Waals surface area contributed by atoms with Gasteiger partial charge in [0, 0.05) is 11.8 Å². The number of nitrogens with one attached hydrogen (secondary N) is 2. The Morgan fingerprint density at radius 2 is 2.12 bits per heavy atom. The van der Waals surface area contributed by atoms with Crippen LogP contribution < -0.4 is 26.2 Å². The summed E-state index contributed by atoms with van der Waals surface area (Å²) >= 11 is 0.973. The van der Waals surface area contributed by atoms with Crippen LogP contribution in [0.2, 0.25) is 0 Å². The minimum absolute atomic E-state index is 0.0683. The molecule has 18 nitrogen and oxygen atoms in total. The molecule has 2 aliphatic heterocycles. The zero-order valence-corrected chi connectivity index (χ0v) is 27.7. The number of carbonyl (C=O) groups excluding carboxylic acids is 2. The van der Waals surface area contributed by atoms with Crippen molar-refractivity contribution in [2.45, 2.75) is 63.3 Å². The molecule has 4 heterocycles. The number of amides is 2. The van der Waals surface area contributed by atoms with Crippen molar-refractivity contribution in [3.8, 4) is 16.9 Å². The molecule has 1 fully saturated rings. The lowest BCUT2D eigenvalue weighted by Crippen LogP contribution is -2.76. The van der Waals surface area contributed by atoms with E-state index in [1.165, 1.54) is 19.2 Å². The summed E-state index contributed by atoms with van der Waals surface area (Å²) in [6, 6.07) is 4.32. The van der Waals surface area contributed by atoms with Crippen LogP contribution in [0.15, 0.2) is 34.9 Å². The fourth-order valence-electron chi connectivity index (χ4n) is 5.52. The fraction of sp³-hybridized carbons (Fsp3) is 0.429. The van der Waals surface area contributed by atoms with Crippen molar-refractivity contribution in [2.75, 3.05) is 12.3 Å². The molecule has 3 aromatic rings. The van der Waals surface area contributed by atoms with Crippen LogP contribution in [0.25, 0.3) is 11.1 Å². The van der Waals surface area contributed by atoms with Crippen LogP contribution >= 0.6 is 11.3 Å². The Morgan fingerprint density at radius 1 is 1.38 bits per heavy atom. The molecule has 258 valence electrons. The molecule has 8 N–H and O–H groups in total. The van der Waals surface area contributed by atoms with Crippen LogP contribution in [0.3, 0.4) is 0 Å². The van der Waals surface area contributed by atoms with Gasteiger partial charge in [0.15, 0.2) is 17.9 Å². The Bertz CT molecular complexity index is 1870. The summed E-state index contributed by atoms with van der Waals surface area (Å²) < 4.78 is 43.6. The van der Waals surface area contributed by atoms with Crippen molar-refractivity contribution >= 4 is 50.4 Å². The summed E-state index contributed by atoms with van der Waals surface area (Å²) in [5, 5.41) is 21.3. The normalized spacial score (nSPS) is 19.6. The van der Waals surface area contributed by atoms with E-state index in [0.29, 0.717) is 23.8 Å². The quantitative estimate of drug-likeness (QED) is 0.0444. The molecule has 1 saturated heterocycles. The molecule has 20 heteroatoms. The van der Waals surface area contributed by atoms with Gasteiger partial charge in [0.2, 0.25) is 5.69 Å². The second kappa shape index (κ2) is 13.5. The number of anilines is 1. The van der Waals surface area contributed by atoms with Gasteiger partial charge >= 0.3 is 16.4 Å². The number of hydrogen-bond acceptors (Lipinski definition) is 13. The number of aromatic amines is 1. The Balaban J connectivity index is 1.34. The average Bonchev–Trinajstić information content (AvgIpc) is 3.62. The first-order valence-corrected chi connectivity index (χ1v) is 16.9. The molecular formula is C28H35N8O10S2+. The first-order valence-electron chi connectivity index (χ1n) is 14.7. The van der Waals surface area contributed by atoms with E-state index in [4.69, 9.17) is 25.6 Å².